The van der Waals surface area contributed by atoms with E-state index in [1.54, 1.807) is 0 Å². The number of aryl methyl sites for hydroxylation is 1. The second kappa shape index (κ2) is 7.32. The van der Waals surface area contributed by atoms with Gasteiger partial charge in [-0.1, -0.05) is 18.2 Å². The minimum atomic E-state index is -0.412. The molecule has 1 aromatic carbocycles. The average Bonchev–Trinajstić information content (AvgIpc) is 3.02. The van der Waals surface area contributed by atoms with Gasteiger partial charge in [-0.3, -0.25) is 4.79 Å². The first kappa shape index (κ1) is 16.3. The van der Waals surface area contributed by atoms with Crippen LogP contribution in [0.3, 0.4) is 0 Å². The fraction of sp³-hybridized carbons (Fsp3) is 0.611. The molecule has 0 bridgehead atoms. The molecule has 3 rings (SSSR count). The molecule has 2 aliphatic heterocycles. The van der Waals surface area contributed by atoms with Crippen molar-refractivity contribution in [2.24, 2.45) is 0 Å². The Kier molecular flexibility index (Phi) is 5.18. The monoisotopic (exact) mass is 319 g/mol. The van der Waals surface area contributed by atoms with Crippen LogP contribution in [0.15, 0.2) is 24.3 Å². The normalized spacial score (nSPS) is 20.0. The molecule has 0 N–H and O–H groups in total. The molecule has 1 amide bonds. The molecule has 0 atom stereocenters. The number of nitrogens with zero attached hydrogens (tertiary/aromatic N) is 1. The highest BCUT2D eigenvalue weighted by atomic mass is 16.7. The van der Waals surface area contributed by atoms with Crippen LogP contribution in [0.1, 0.15) is 31.2 Å². The van der Waals surface area contributed by atoms with Gasteiger partial charge in [0.15, 0.2) is 5.79 Å². The second-order valence-electron chi connectivity index (χ2n) is 6.21. The van der Waals surface area contributed by atoms with Crippen LogP contribution in [-0.2, 0) is 14.3 Å². The summed E-state index contributed by atoms with van der Waals surface area (Å²) in [5.41, 5.74) is 1.12. The van der Waals surface area contributed by atoms with E-state index in [2.05, 4.69) is 0 Å². The SMILES string of the molecule is Cc1ccccc1OCCCC(=O)N1CCC2(CC1)OCCO2. The Morgan fingerprint density at radius 1 is 1.22 bits per heavy atom. The molecule has 2 fully saturated rings. The third kappa shape index (κ3) is 4.03. The first-order valence-electron chi connectivity index (χ1n) is 8.43. The van der Waals surface area contributed by atoms with Crippen molar-refractivity contribution in [1.82, 2.24) is 4.90 Å². The van der Waals surface area contributed by atoms with Crippen molar-refractivity contribution in [3.63, 3.8) is 0 Å². The number of carbonyl (C=O) groups excluding carboxylic acids is 1. The lowest BCUT2D eigenvalue weighted by Gasteiger charge is -2.37. The minimum absolute atomic E-state index is 0.200. The molecule has 2 aliphatic rings. The number of hydrogen-bond donors (Lipinski definition) is 0. The zero-order valence-corrected chi connectivity index (χ0v) is 13.8. The molecule has 2 saturated heterocycles. The summed E-state index contributed by atoms with van der Waals surface area (Å²) in [5.74, 6) is 0.687. The number of hydrogen-bond acceptors (Lipinski definition) is 4. The Morgan fingerprint density at radius 2 is 1.91 bits per heavy atom. The maximum absolute atomic E-state index is 12.3. The van der Waals surface area contributed by atoms with Crippen LogP contribution < -0.4 is 4.74 Å². The molecule has 5 heteroatoms. The van der Waals surface area contributed by atoms with Gasteiger partial charge in [0.05, 0.1) is 19.8 Å². The fourth-order valence-electron chi connectivity index (χ4n) is 3.16. The molecular formula is C18H25NO4. The molecule has 0 radical (unpaired) electrons. The first-order chi connectivity index (χ1) is 11.2. The lowest BCUT2D eigenvalue weighted by atomic mass is 10.0. The molecule has 5 nitrogen and oxygen atoms in total. The highest BCUT2D eigenvalue weighted by Gasteiger charge is 2.40. The maximum Gasteiger partial charge on any atom is 0.222 e. The van der Waals surface area contributed by atoms with E-state index >= 15 is 0 Å². The average molecular weight is 319 g/mol. The number of benzene rings is 1. The number of amides is 1. The Hall–Kier alpha value is -1.59. The molecule has 1 aromatic rings. The van der Waals surface area contributed by atoms with Crippen molar-refractivity contribution in [3.05, 3.63) is 29.8 Å². The largest absolute Gasteiger partial charge is 0.493 e. The summed E-state index contributed by atoms with van der Waals surface area (Å²) >= 11 is 0. The standard InChI is InChI=1S/C18H25NO4/c1-15-5-2-3-6-16(15)21-12-4-7-17(20)19-10-8-18(9-11-19)22-13-14-23-18/h2-3,5-6H,4,7-14H2,1H3. The molecule has 126 valence electrons. The Balaban J connectivity index is 1.36. The molecular weight excluding hydrogens is 294 g/mol. The van der Waals surface area contributed by atoms with Gasteiger partial charge in [-0.2, -0.15) is 0 Å². The van der Waals surface area contributed by atoms with Gasteiger partial charge in [-0.15, -0.1) is 0 Å². The van der Waals surface area contributed by atoms with E-state index in [4.69, 9.17) is 14.2 Å². The lowest BCUT2D eigenvalue weighted by molar-refractivity contribution is -0.187. The molecule has 1 spiro atoms. The lowest BCUT2D eigenvalue weighted by Crippen LogP contribution is -2.47. The quantitative estimate of drug-likeness (QED) is 0.783. The summed E-state index contributed by atoms with van der Waals surface area (Å²) < 4.78 is 17.1. The van der Waals surface area contributed by atoms with Crippen molar-refractivity contribution in [1.29, 1.82) is 0 Å². The van der Waals surface area contributed by atoms with Crippen molar-refractivity contribution < 1.29 is 19.0 Å². The summed E-state index contributed by atoms with van der Waals surface area (Å²) in [5, 5.41) is 0. The van der Waals surface area contributed by atoms with Crippen molar-refractivity contribution in [2.45, 2.75) is 38.4 Å². The summed E-state index contributed by atoms with van der Waals surface area (Å²) in [6.07, 6.45) is 2.82. The number of piperidine rings is 1. The summed E-state index contributed by atoms with van der Waals surface area (Å²) in [6, 6.07) is 7.94. The van der Waals surface area contributed by atoms with Gasteiger partial charge in [0.1, 0.15) is 5.75 Å². The van der Waals surface area contributed by atoms with Crippen LogP contribution in [0.2, 0.25) is 0 Å². The molecule has 0 aliphatic carbocycles. The van der Waals surface area contributed by atoms with Crippen LogP contribution in [0, 0.1) is 6.92 Å². The van der Waals surface area contributed by atoms with E-state index < -0.39 is 5.79 Å². The predicted molar refractivity (Wildman–Crippen MR) is 86.4 cm³/mol. The topological polar surface area (TPSA) is 48.0 Å². The zero-order chi connectivity index (χ0) is 16.1. The molecule has 2 heterocycles. The molecule has 0 unspecified atom stereocenters. The van der Waals surface area contributed by atoms with Crippen LogP contribution in [0.4, 0.5) is 0 Å². The Morgan fingerprint density at radius 3 is 2.61 bits per heavy atom. The zero-order valence-electron chi connectivity index (χ0n) is 13.8. The van der Waals surface area contributed by atoms with E-state index in [-0.39, 0.29) is 5.91 Å². The number of carbonyl (C=O) groups is 1. The highest BCUT2D eigenvalue weighted by molar-refractivity contribution is 5.76. The predicted octanol–water partition coefficient (Wildman–Crippen LogP) is 2.52. The van der Waals surface area contributed by atoms with Crippen LogP contribution in [-0.4, -0.2) is 49.5 Å². The van der Waals surface area contributed by atoms with Crippen molar-refractivity contribution in [3.8, 4) is 5.75 Å². The summed E-state index contributed by atoms with van der Waals surface area (Å²) in [4.78, 5) is 14.2. The highest BCUT2D eigenvalue weighted by Crippen LogP contribution is 2.31. The van der Waals surface area contributed by atoms with Gasteiger partial charge in [0.2, 0.25) is 5.91 Å². The molecule has 0 aromatic heterocycles. The van der Waals surface area contributed by atoms with Gasteiger partial charge in [-0.05, 0) is 25.0 Å². The number of para-hydroxylation sites is 1. The third-order valence-corrected chi connectivity index (χ3v) is 4.58. The van der Waals surface area contributed by atoms with E-state index in [0.717, 1.165) is 43.7 Å². The third-order valence-electron chi connectivity index (χ3n) is 4.58. The van der Waals surface area contributed by atoms with Crippen LogP contribution >= 0.6 is 0 Å². The van der Waals surface area contributed by atoms with Crippen LogP contribution in [0.5, 0.6) is 5.75 Å². The number of rotatable bonds is 5. The molecule has 0 saturated carbocycles. The van der Waals surface area contributed by atoms with Crippen molar-refractivity contribution in [2.75, 3.05) is 32.9 Å². The van der Waals surface area contributed by atoms with E-state index in [0.29, 0.717) is 26.2 Å². The minimum Gasteiger partial charge on any atom is -0.493 e. The fourth-order valence-corrected chi connectivity index (χ4v) is 3.16. The van der Waals surface area contributed by atoms with Crippen molar-refractivity contribution >= 4 is 5.91 Å². The van der Waals surface area contributed by atoms with E-state index in [1.807, 2.05) is 36.1 Å². The van der Waals surface area contributed by atoms with Gasteiger partial charge in [-0.25, -0.2) is 0 Å². The number of likely N-dealkylation sites (tertiary alicyclic amines) is 1. The van der Waals surface area contributed by atoms with Gasteiger partial charge in [0.25, 0.3) is 0 Å². The number of ether oxygens (including phenoxy) is 3. The maximum atomic E-state index is 12.3. The van der Waals surface area contributed by atoms with Gasteiger partial charge >= 0.3 is 0 Å². The smallest absolute Gasteiger partial charge is 0.222 e. The second-order valence-corrected chi connectivity index (χ2v) is 6.21. The summed E-state index contributed by atoms with van der Waals surface area (Å²) in [6.45, 7) is 5.38. The molecule has 23 heavy (non-hydrogen) atoms. The van der Waals surface area contributed by atoms with Gasteiger partial charge < -0.3 is 19.1 Å². The Bertz CT molecular complexity index is 530. The van der Waals surface area contributed by atoms with E-state index in [1.165, 1.54) is 0 Å². The summed E-state index contributed by atoms with van der Waals surface area (Å²) in [7, 11) is 0. The van der Waals surface area contributed by atoms with E-state index in [9.17, 15) is 4.79 Å². The first-order valence-corrected chi connectivity index (χ1v) is 8.43. The van der Waals surface area contributed by atoms with Crippen LogP contribution in [0.25, 0.3) is 0 Å². The van der Waals surface area contributed by atoms with Gasteiger partial charge in [0, 0.05) is 32.4 Å². The Labute approximate surface area is 137 Å².